The molecule has 0 unspecified atom stereocenters. The molecule has 0 aromatic heterocycles. The van der Waals surface area contributed by atoms with Crippen LogP contribution in [-0.2, 0) is 16.1 Å². The van der Waals surface area contributed by atoms with Crippen LogP contribution in [0.1, 0.15) is 12.5 Å². The Kier molecular flexibility index (Phi) is 6.38. The number of rotatable bonds is 8. The molecule has 0 spiro atoms. The van der Waals surface area contributed by atoms with Gasteiger partial charge in [0.25, 0.3) is 0 Å². The zero-order valence-corrected chi connectivity index (χ0v) is 15.3. The van der Waals surface area contributed by atoms with Gasteiger partial charge in [-0.3, -0.25) is 4.79 Å². The number of aliphatic hydroxyl groups is 1. The predicted octanol–water partition coefficient (Wildman–Crippen LogP) is 3.04. The van der Waals surface area contributed by atoms with Gasteiger partial charge in [-0.2, -0.15) is 0 Å². The third kappa shape index (κ3) is 5.39. The van der Waals surface area contributed by atoms with Crippen molar-refractivity contribution in [2.45, 2.75) is 24.5 Å². The number of thioether (sulfide) groups is 1. The fourth-order valence-electron chi connectivity index (χ4n) is 2.42. The van der Waals surface area contributed by atoms with Gasteiger partial charge < -0.3 is 24.6 Å². The monoisotopic (exact) mass is 375 g/mol. The first-order valence-corrected chi connectivity index (χ1v) is 9.23. The molecule has 0 saturated carbocycles. The summed E-state index contributed by atoms with van der Waals surface area (Å²) in [6.45, 7) is 2.39. The Bertz CT molecular complexity index is 750. The molecular formula is C19H21NO5S. The first-order valence-electron chi connectivity index (χ1n) is 8.25. The second-order valence-electron chi connectivity index (χ2n) is 5.87. The van der Waals surface area contributed by atoms with E-state index in [0.717, 1.165) is 27.6 Å². The molecule has 2 N–H and O–H groups in total. The van der Waals surface area contributed by atoms with Gasteiger partial charge in [-0.25, -0.2) is 0 Å². The molecule has 0 aliphatic carbocycles. The van der Waals surface area contributed by atoms with Crippen LogP contribution in [0.5, 0.6) is 11.5 Å². The van der Waals surface area contributed by atoms with E-state index in [4.69, 9.17) is 14.2 Å². The van der Waals surface area contributed by atoms with Crippen LogP contribution in [0.25, 0.3) is 0 Å². The van der Waals surface area contributed by atoms with Crippen LogP contribution >= 0.6 is 11.8 Å². The van der Waals surface area contributed by atoms with Crippen LogP contribution in [-0.4, -0.2) is 36.3 Å². The lowest BCUT2D eigenvalue weighted by molar-refractivity contribution is -0.114. The van der Waals surface area contributed by atoms with Crippen LogP contribution in [0.2, 0.25) is 0 Å². The number of hydrogen-bond acceptors (Lipinski definition) is 6. The van der Waals surface area contributed by atoms with Crippen LogP contribution in [0.15, 0.2) is 47.4 Å². The number of ether oxygens (including phenoxy) is 3. The largest absolute Gasteiger partial charge is 0.454 e. The maximum atomic E-state index is 11.0. The third-order valence-corrected chi connectivity index (χ3v) is 4.79. The van der Waals surface area contributed by atoms with E-state index in [0.29, 0.717) is 12.4 Å². The van der Waals surface area contributed by atoms with Crippen molar-refractivity contribution in [2.75, 3.05) is 24.5 Å². The summed E-state index contributed by atoms with van der Waals surface area (Å²) in [5.41, 5.74) is 1.73. The molecule has 6 nitrogen and oxygen atoms in total. The van der Waals surface area contributed by atoms with Gasteiger partial charge >= 0.3 is 0 Å². The van der Waals surface area contributed by atoms with E-state index in [1.807, 2.05) is 42.5 Å². The molecule has 1 atom stereocenters. The van der Waals surface area contributed by atoms with Crippen molar-refractivity contribution in [1.29, 1.82) is 0 Å². The van der Waals surface area contributed by atoms with Crippen LogP contribution in [0.4, 0.5) is 5.69 Å². The molecule has 0 saturated heterocycles. The van der Waals surface area contributed by atoms with Gasteiger partial charge in [0.05, 0.1) is 19.3 Å². The minimum atomic E-state index is -0.566. The van der Waals surface area contributed by atoms with Gasteiger partial charge in [0, 0.05) is 23.3 Å². The standard InChI is InChI=1S/C19H21NO5S/c1-13(21)20-15-3-5-17(6-4-15)26-11-16(22)10-23-9-14-2-7-18-19(8-14)25-12-24-18/h2-8,16,22H,9-12H2,1H3,(H,20,21)/t16-/m1/s1. The van der Waals surface area contributed by atoms with Crippen LogP contribution in [0, 0.1) is 0 Å². The normalized spacial score (nSPS) is 13.5. The smallest absolute Gasteiger partial charge is 0.231 e. The molecule has 2 aromatic rings. The summed E-state index contributed by atoms with van der Waals surface area (Å²) in [6, 6.07) is 13.2. The molecule has 0 fully saturated rings. The van der Waals surface area contributed by atoms with Crippen molar-refractivity contribution in [3.8, 4) is 11.5 Å². The number of anilines is 1. The zero-order valence-electron chi connectivity index (χ0n) is 14.4. The summed E-state index contributed by atoms with van der Waals surface area (Å²) in [7, 11) is 0. The van der Waals surface area contributed by atoms with Crippen molar-refractivity contribution in [3.63, 3.8) is 0 Å². The Balaban J connectivity index is 1.37. The molecule has 26 heavy (non-hydrogen) atoms. The molecule has 138 valence electrons. The van der Waals surface area contributed by atoms with Gasteiger partial charge in [-0.15, -0.1) is 11.8 Å². The van der Waals surface area contributed by atoms with E-state index in [1.54, 1.807) is 0 Å². The molecule has 0 bridgehead atoms. The Hall–Kier alpha value is -2.22. The molecule has 1 aliphatic heterocycles. The Morgan fingerprint density at radius 3 is 2.77 bits per heavy atom. The predicted molar refractivity (Wildman–Crippen MR) is 99.7 cm³/mol. The highest BCUT2D eigenvalue weighted by Gasteiger charge is 2.13. The van der Waals surface area contributed by atoms with Gasteiger partial charge in [0.2, 0.25) is 12.7 Å². The Morgan fingerprint density at radius 2 is 2.00 bits per heavy atom. The first kappa shape index (κ1) is 18.6. The number of aliphatic hydroxyl groups excluding tert-OH is 1. The van der Waals surface area contributed by atoms with Crippen molar-refractivity contribution in [1.82, 2.24) is 0 Å². The number of carbonyl (C=O) groups excluding carboxylic acids is 1. The number of carbonyl (C=O) groups is 1. The molecular weight excluding hydrogens is 354 g/mol. The summed E-state index contributed by atoms with van der Waals surface area (Å²) in [5, 5.41) is 12.8. The summed E-state index contributed by atoms with van der Waals surface area (Å²) in [5.74, 6) is 1.90. The lowest BCUT2D eigenvalue weighted by Crippen LogP contribution is -2.17. The lowest BCUT2D eigenvalue weighted by Gasteiger charge is -2.12. The highest BCUT2D eigenvalue weighted by atomic mass is 32.2. The van der Waals surface area contributed by atoms with E-state index < -0.39 is 6.10 Å². The second kappa shape index (κ2) is 8.93. The number of nitrogens with one attached hydrogen (secondary N) is 1. The van der Waals surface area contributed by atoms with Gasteiger partial charge in [0.1, 0.15) is 0 Å². The van der Waals surface area contributed by atoms with Gasteiger partial charge in [0.15, 0.2) is 11.5 Å². The molecule has 1 amide bonds. The summed E-state index contributed by atoms with van der Waals surface area (Å²) >= 11 is 1.54. The fourth-order valence-corrected chi connectivity index (χ4v) is 3.23. The summed E-state index contributed by atoms with van der Waals surface area (Å²) < 4.78 is 16.2. The van der Waals surface area contributed by atoms with E-state index in [2.05, 4.69) is 5.32 Å². The van der Waals surface area contributed by atoms with Gasteiger partial charge in [-0.1, -0.05) is 6.07 Å². The van der Waals surface area contributed by atoms with Crippen molar-refractivity contribution in [3.05, 3.63) is 48.0 Å². The van der Waals surface area contributed by atoms with E-state index in [-0.39, 0.29) is 19.3 Å². The Labute approximate surface area is 156 Å². The second-order valence-corrected chi connectivity index (χ2v) is 6.97. The molecule has 7 heteroatoms. The van der Waals surface area contributed by atoms with Crippen molar-refractivity contribution >= 4 is 23.4 Å². The molecule has 3 rings (SSSR count). The highest BCUT2D eigenvalue weighted by molar-refractivity contribution is 7.99. The van der Waals surface area contributed by atoms with Crippen LogP contribution < -0.4 is 14.8 Å². The van der Waals surface area contributed by atoms with Gasteiger partial charge in [-0.05, 0) is 42.0 Å². The third-order valence-electron chi connectivity index (χ3n) is 3.63. The van der Waals surface area contributed by atoms with Crippen molar-refractivity contribution in [2.24, 2.45) is 0 Å². The fraction of sp³-hybridized carbons (Fsp3) is 0.316. The number of benzene rings is 2. The number of hydrogen-bond donors (Lipinski definition) is 2. The minimum Gasteiger partial charge on any atom is -0.454 e. The average molecular weight is 375 g/mol. The molecule has 1 heterocycles. The lowest BCUT2D eigenvalue weighted by atomic mass is 10.2. The Morgan fingerprint density at radius 1 is 1.23 bits per heavy atom. The number of amides is 1. The highest BCUT2D eigenvalue weighted by Crippen LogP contribution is 2.32. The average Bonchev–Trinajstić information content (AvgIpc) is 3.08. The maximum Gasteiger partial charge on any atom is 0.231 e. The quantitative estimate of drug-likeness (QED) is 0.691. The SMILES string of the molecule is CC(=O)Nc1ccc(SC[C@H](O)COCc2ccc3c(c2)OCO3)cc1. The first-order chi connectivity index (χ1) is 12.6. The molecule has 0 radical (unpaired) electrons. The zero-order chi connectivity index (χ0) is 18.4. The van der Waals surface area contributed by atoms with E-state index >= 15 is 0 Å². The molecule has 1 aliphatic rings. The minimum absolute atomic E-state index is 0.0968. The van der Waals surface area contributed by atoms with Crippen LogP contribution in [0.3, 0.4) is 0 Å². The summed E-state index contributed by atoms with van der Waals surface area (Å²) in [4.78, 5) is 12.0. The summed E-state index contributed by atoms with van der Waals surface area (Å²) in [6.07, 6.45) is -0.566. The maximum absolute atomic E-state index is 11.0. The van der Waals surface area contributed by atoms with Crippen molar-refractivity contribution < 1.29 is 24.1 Å². The topological polar surface area (TPSA) is 77.0 Å². The molecule has 2 aromatic carbocycles. The van der Waals surface area contributed by atoms with E-state index in [1.165, 1.54) is 18.7 Å². The van der Waals surface area contributed by atoms with E-state index in [9.17, 15) is 9.90 Å². The number of fused-ring (bicyclic) bond motifs is 1.